The Morgan fingerprint density at radius 1 is 0.625 bits per heavy atom. The smallest absolute Gasteiger partial charge is 0.269 e. The second kappa shape index (κ2) is 16.6. The molecule has 0 amide bonds. The number of nitrogens with zero attached hydrogens (tertiary/aromatic N) is 1. The summed E-state index contributed by atoms with van der Waals surface area (Å²) in [7, 11) is 0.356. The molecule has 24 heavy (non-hydrogen) atoms. The SMILES string of the molecule is CCCCCCCCCCCCCCCCCCP(=O)(O)N(C)C. The third-order valence-electron chi connectivity index (χ3n) is 4.93. The lowest BCUT2D eigenvalue weighted by molar-refractivity contribution is 0.407. The fourth-order valence-electron chi connectivity index (χ4n) is 3.07. The maximum Gasteiger partial charge on any atom is 0.269 e. The Bertz CT molecular complexity index is 308. The van der Waals surface area contributed by atoms with Crippen LogP contribution in [0, 0.1) is 0 Å². The molecular formula is C20H44NO2P. The van der Waals surface area contributed by atoms with Gasteiger partial charge >= 0.3 is 0 Å². The molecular weight excluding hydrogens is 317 g/mol. The van der Waals surface area contributed by atoms with Crippen molar-refractivity contribution < 1.29 is 9.46 Å². The summed E-state index contributed by atoms with van der Waals surface area (Å²) in [5.74, 6) is 0. The number of unbranched alkanes of at least 4 members (excludes halogenated alkanes) is 15. The lowest BCUT2D eigenvalue weighted by Crippen LogP contribution is -2.10. The fourth-order valence-corrected chi connectivity index (χ4v) is 4.10. The summed E-state index contributed by atoms with van der Waals surface area (Å²) in [6, 6.07) is 0. The first-order valence-electron chi connectivity index (χ1n) is 10.5. The second-order valence-corrected chi connectivity index (χ2v) is 10.1. The average molecular weight is 362 g/mol. The van der Waals surface area contributed by atoms with Gasteiger partial charge in [0.1, 0.15) is 0 Å². The van der Waals surface area contributed by atoms with E-state index in [1.165, 1.54) is 94.6 Å². The maximum atomic E-state index is 11.7. The van der Waals surface area contributed by atoms with Crippen molar-refractivity contribution >= 4 is 7.52 Å². The van der Waals surface area contributed by atoms with Crippen LogP contribution in [0.25, 0.3) is 0 Å². The van der Waals surface area contributed by atoms with Crippen molar-refractivity contribution in [2.45, 2.75) is 110 Å². The lowest BCUT2D eigenvalue weighted by atomic mass is 10.0. The van der Waals surface area contributed by atoms with Crippen molar-refractivity contribution in [3.8, 4) is 0 Å². The molecule has 0 bridgehead atoms. The number of hydrogen-bond donors (Lipinski definition) is 1. The summed E-state index contributed by atoms with van der Waals surface area (Å²) in [4.78, 5) is 9.69. The van der Waals surface area contributed by atoms with E-state index in [1.807, 2.05) is 0 Å². The molecule has 0 aliphatic carbocycles. The maximum absolute atomic E-state index is 11.7. The molecule has 146 valence electrons. The second-order valence-electron chi connectivity index (χ2n) is 7.54. The highest BCUT2D eigenvalue weighted by atomic mass is 31.2. The summed E-state index contributed by atoms with van der Waals surface area (Å²) in [5.41, 5.74) is 0. The molecule has 0 aromatic heterocycles. The Morgan fingerprint density at radius 2 is 0.917 bits per heavy atom. The van der Waals surface area contributed by atoms with Crippen molar-refractivity contribution in [3.63, 3.8) is 0 Å². The molecule has 0 fully saturated rings. The van der Waals surface area contributed by atoms with E-state index >= 15 is 0 Å². The van der Waals surface area contributed by atoms with Crippen molar-refractivity contribution in [1.29, 1.82) is 0 Å². The molecule has 0 rings (SSSR count). The normalized spacial score (nSPS) is 14.2. The Hall–Kier alpha value is 0.150. The van der Waals surface area contributed by atoms with Crippen molar-refractivity contribution in [2.24, 2.45) is 0 Å². The molecule has 0 aliphatic heterocycles. The van der Waals surface area contributed by atoms with Gasteiger partial charge in [0.05, 0.1) is 0 Å². The van der Waals surface area contributed by atoms with Crippen LogP contribution in [0.2, 0.25) is 0 Å². The summed E-state index contributed by atoms with van der Waals surface area (Å²) in [5, 5.41) is 0. The third kappa shape index (κ3) is 15.7. The van der Waals surface area contributed by atoms with Crippen LogP contribution in [0.3, 0.4) is 0 Å². The summed E-state index contributed by atoms with van der Waals surface area (Å²) in [6.45, 7) is 2.28. The van der Waals surface area contributed by atoms with Crippen LogP contribution in [0.1, 0.15) is 110 Å². The molecule has 0 radical (unpaired) electrons. The zero-order valence-electron chi connectivity index (χ0n) is 16.8. The van der Waals surface area contributed by atoms with E-state index in [2.05, 4.69) is 6.92 Å². The van der Waals surface area contributed by atoms with Crippen LogP contribution in [-0.4, -0.2) is 29.8 Å². The minimum Gasteiger partial charge on any atom is -0.333 e. The van der Waals surface area contributed by atoms with Gasteiger partial charge in [0.25, 0.3) is 7.52 Å². The highest BCUT2D eigenvalue weighted by Gasteiger charge is 2.19. The van der Waals surface area contributed by atoms with Gasteiger partial charge < -0.3 is 4.89 Å². The van der Waals surface area contributed by atoms with Gasteiger partial charge in [-0.3, -0.25) is 4.57 Å². The van der Waals surface area contributed by atoms with E-state index < -0.39 is 7.52 Å². The van der Waals surface area contributed by atoms with Gasteiger partial charge in [-0.05, 0) is 20.5 Å². The molecule has 0 saturated heterocycles. The number of rotatable bonds is 18. The predicted molar refractivity (Wildman–Crippen MR) is 108 cm³/mol. The van der Waals surface area contributed by atoms with Gasteiger partial charge in [-0.2, -0.15) is 0 Å². The van der Waals surface area contributed by atoms with Gasteiger partial charge in [-0.25, -0.2) is 4.67 Å². The fraction of sp³-hybridized carbons (Fsp3) is 1.00. The minimum atomic E-state index is -3.02. The standard InChI is InChI=1S/C20H44NO2P/c1-4-5-6-7-8-9-10-11-12-13-14-15-16-17-18-19-20-24(22,23)21(2)3/h4-20H2,1-3H3,(H,22,23). The van der Waals surface area contributed by atoms with Gasteiger partial charge in [-0.15, -0.1) is 0 Å². The molecule has 0 aromatic rings. The van der Waals surface area contributed by atoms with E-state index in [-0.39, 0.29) is 0 Å². The van der Waals surface area contributed by atoms with Crippen molar-refractivity contribution in [1.82, 2.24) is 4.67 Å². The lowest BCUT2D eigenvalue weighted by Gasteiger charge is -2.18. The molecule has 0 aromatic carbocycles. The Morgan fingerprint density at radius 3 is 1.21 bits per heavy atom. The molecule has 0 saturated carbocycles. The van der Waals surface area contributed by atoms with Crippen LogP contribution < -0.4 is 0 Å². The third-order valence-corrected chi connectivity index (χ3v) is 7.08. The van der Waals surface area contributed by atoms with Crippen LogP contribution in [-0.2, 0) is 4.57 Å². The van der Waals surface area contributed by atoms with Crippen molar-refractivity contribution in [2.75, 3.05) is 20.3 Å². The first-order valence-corrected chi connectivity index (χ1v) is 12.3. The molecule has 4 heteroatoms. The van der Waals surface area contributed by atoms with Crippen LogP contribution in [0.15, 0.2) is 0 Å². The first kappa shape index (κ1) is 24.1. The Kier molecular flexibility index (Phi) is 16.7. The molecule has 0 aliphatic rings. The van der Waals surface area contributed by atoms with E-state index in [9.17, 15) is 9.46 Å². The molecule has 1 N–H and O–H groups in total. The van der Waals surface area contributed by atoms with Crippen LogP contribution >= 0.6 is 7.52 Å². The monoisotopic (exact) mass is 361 g/mol. The van der Waals surface area contributed by atoms with E-state index in [4.69, 9.17) is 0 Å². The average Bonchev–Trinajstić information content (AvgIpc) is 2.54. The van der Waals surface area contributed by atoms with E-state index in [0.29, 0.717) is 6.16 Å². The highest BCUT2D eigenvalue weighted by molar-refractivity contribution is 7.55. The van der Waals surface area contributed by atoms with E-state index in [0.717, 1.165) is 12.8 Å². The van der Waals surface area contributed by atoms with E-state index in [1.54, 1.807) is 14.1 Å². The summed E-state index contributed by atoms with van der Waals surface area (Å²) >= 11 is 0. The van der Waals surface area contributed by atoms with Crippen LogP contribution in [0.5, 0.6) is 0 Å². The number of hydrogen-bond acceptors (Lipinski definition) is 1. The van der Waals surface area contributed by atoms with Gasteiger partial charge in [0.15, 0.2) is 0 Å². The molecule has 0 heterocycles. The zero-order valence-corrected chi connectivity index (χ0v) is 17.7. The van der Waals surface area contributed by atoms with Gasteiger partial charge in [0, 0.05) is 6.16 Å². The van der Waals surface area contributed by atoms with Gasteiger partial charge in [0.2, 0.25) is 0 Å². The largest absolute Gasteiger partial charge is 0.333 e. The predicted octanol–water partition coefficient (Wildman–Crippen LogP) is 6.99. The zero-order chi connectivity index (χ0) is 18.1. The molecule has 1 unspecified atom stereocenters. The molecule has 3 nitrogen and oxygen atoms in total. The van der Waals surface area contributed by atoms with Crippen LogP contribution in [0.4, 0.5) is 0 Å². The van der Waals surface area contributed by atoms with Crippen molar-refractivity contribution in [3.05, 3.63) is 0 Å². The molecule has 0 spiro atoms. The molecule has 1 atom stereocenters. The Balaban J connectivity index is 3.14. The topological polar surface area (TPSA) is 40.5 Å². The minimum absolute atomic E-state index is 0.443. The summed E-state index contributed by atoms with van der Waals surface area (Å²) < 4.78 is 13.2. The quantitative estimate of drug-likeness (QED) is 0.211. The Labute approximate surface area is 152 Å². The first-order chi connectivity index (χ1) is 11.5. The van der Waals surface area contributed by atoms with Gasteiger partial charge in [-0.1, -0.05) is 103 Å². The highest BCUT2D eigenvalue weighted by Crippen LogP contribution is 2.43. The summed E-state index contributed by atoms with van der Waals surface area (Å²) in [6.07, 6.45) is 21.8.